The van der Waals surface area contributed by atoms with Gasteiger partial charge >= 0.3 is 0 Å². The van der Waals surface area contributed by atoms with Gasteiger partial charge in [-0.3, -0.25) is 14.9 Å². The van der Waals surface area contributed by atoms with Gasteiger partial charge in [-0.15, -0.1) is 0 Å². The number of nitrogens with zero attached hydrogens (tertiary/aromatic N) is 2. The molecule has 1 aromatic rings. The molecule has 0 spiro atoms. The van der Waals surface area contributed by atoms with Crippen LogP contribution in [0.1, 0.15) is 12.8 Å². The van der Waals surface area contributed by atoms with E-state index in [0.29, 0.717) is 19.4 Å². The number of rotatable bonds is 5. The lowest BCUT2D eigenvalue weighted by atomic mass is 9.97. The number of benzene rings is 1. The molecular formula is C13H18N4O5S. The van der Waals surface area contributed by atoms with Crippen molar-refractivity contribution >= 4 is 27.3 Å². The van der Waals surface area contributed by atoms with Crippen molar-refractivity contribution in [2.24, 2.45) is 11.7 Å². The number of anilines is 1. The fraction of sp³-hybridized carbons (Fsp3) is 0.462. The number of nitro benzene ring substituents is 1. The minimum atomic E-state index is -3.77. The minimum Gasteiger partial charge on any atom is -0.369 e. The van der Waals surface area contributed by atoms with Crippen LogP contribution in [0.4, 0.5) is 11.4 Å². The molecule has 10 heteroatoms. The number of amides is 1. The molecule has 1 heterocycles. The maximum atomic E-state index is 11.8. The molecule has 0 radical (unpaired) electrons. The fourth-order valence-electron chi connectivity index (χ4n) is 2.63. The largest absolute Gasteiger partial charge is 0.369 e. The van der Waals surface area contributed by atoms with Crippen molar-refractivity contribution in [3.05, 3.63) is 28.3 Å². The zero-order valence-electron chi connectivity index (χ0n) is 12.6. The summed E-state index contributed by atoms with van der Waals surface area (Å²) < 4.78 is 25.7. The van der Waals surface area contributed by atoms with Crippen molar-refractivity contribution in [2.75, 3.05) is 25.0 Å². The van der Waals surface area contributed by atoms with Crippen LogP contribution in [0.5, 0.6) is 0 Å². The molecule has 1 unspecified atom stereocenters. The summed E-state index contributed by atoms with van der Waals surface area (Å²) in [6, 6.07) is 3.73. The summed E-state index contributed by atoms with van der Waals surface area (Å²) in [5.41, 5.74) is 5.29. The van der Waals surface area contributed by atoms with Gasteiger partial charge in [0.25, 0.3) is 5.69 Å². The van der Waals surface area contributed by atoms with E-state index >= 15 is 0 Å². The molecule has 3 N–H and O–H groups in total. The summed E-state index contributed by atoms with van der Waals surface area (Å²) in [6.45, 7) is 0.830. The van der Waals surface area contributed by atoms with E-state index in [1.807, 2.05) is 0 Å². The number of primary amides is 1. The van der Waals surface area contributed by atoms with Gasteiger partial charge in [0.2, 0.25) is 15.9 Å². The molecule has 23 heavy (non-hydrogen) atoms. The first kappa shape index (κ1) is 17.2. The van der Waals surface area contributed by atoms with Gasteiger partial charge in [-0.2, -0.15) is 0 Å². The van der Waals surface area contributed by atoms with Gasteiger partial charge in [-0.25, -0.2) is 13.1 Å². The highest BCUT2D eigenvalue weighted by Crippen LogP contribution is 2.33. The number of nitro groups is 1. The topological polar surface area (TPSA) is 136 Å². The first-order chi connectivity index (χ1) is 10.8. The number of nitrogens with two attached hydrogens (primary N) is 1. The maximum Gasteiger partial charge on any atom is 0.293 e. The summed E-state index contributed by atoms with van der Waals surface area (Å²) in [6.07, 6.45) is 1.33. The molecule has 0 aliphatic carbocycles. The molecule has 126 valence electrons. The molecule has 0 aromatic heterocycles. The first-order valence-corrected chi connectivity index (χ1v) is 8.51. The van der Waals surface area contributed by atoms with Crippen LogP contribution in [0.15, 0.2) is 23.1 Å². The predicted molar refractivity (Wildman–Crippen MR) is 83.5 cm³/mol. The molecule has 1 fully saturated rings. The second-order valence-corrected chi connectivity index (χ2v) is 7.19. The number of carbonyl (C=O) groups excluding carboxylic acids is 1. The van der Waals surface area contributed by atoms with Gasteiger partial charge in [0.1, 0.15) is 5.69 Å². The van der Waals surface area contributed by atoms with Crippen LogP contribution in [-0.4, -0.2) is 39.4 Å². The highest BCUT2D eigenvalue weighted by atomic mass is 32.2. The van der Waals surface area contributed by atoms with Crippen molar-refractivity contribution in [3.8, 4) is 0 Å². The van der Waals surface area contributed by atoms with Crippen molar-refractivity contribution in [3.63, 3.8) is 0 Å². The number of hydrogen-bond donors (Lipinski definition) is 2. The third kappa shape index (κ3) is 3.59. The lowest BCUT2D eigenvalue weighted by Gasteiger charge is -2.32. The van der Waals surface area contributed by atoms with E-state index in [0.717, 1.165) is 6.07 Å². The van der Waals surface area contributed by atoms with Crippen molar-refractivity contribution < 1.29 is 18.1 Å². The molecule has 1 aliphatic rings. The van der Waals surface area contributed by atoms with Gasteiger partial charge in [0.15, 0.2) is 0 Å². The normalized spacial score (nSPS) is 18.7. The Morgan fingerprint density at radius 1 is 1.48 bits per heavy atom. The molecule has 9 nitrogen and oxygen atoms in total. The molecule has 0 bridgehead atoms. The van der Waals surface area contributed by atoms with E-state index in [2.05, 4.69) is 4.72 Å². The van der Waals surface area contributed by atoms with Gasteiger partial charge in [-0.1, -0.05) is 0 Å². The maximum absolute atomic E-state index is 11.8. The van der Waals surface area contributed by atoms with Crippen LogP contribution in [0.2, 0.25) is 0 Å². The fourth-order valence-corrected chi connectivity index (χ4v) is 3.38. The Labute approximate surface area is 133 Å². The van der Waals surface area contributed by atoms with E-state index in [1.165, 1.54) is 19.2 Å². The quantitative estimate of drug-likeness (QED) is 0.580. The molecule has 1 aliphatic heterocycles. The summed E-state index contributed by atoms with van der Waals surface area (Å²) in [5.74, 6) is -0.809. The van der Waals surface area contributed by atoms with Crippen molar-refractivity contribution in [2.45, 2.75) is 17.7 Å². The molecule has 1 aromatic carbocycles. The van der Waals surface area contributed by atoms with E-state index in [9.17, 15) is 23.3 Å². The molecule has 0 saturated carbocycles. The highest BCUT2D eigenvalue weighted by molar-refractivity contribution is 7.89. The van der Waals surface area contributed by atoms with Gasteiger partial charge < -0.3 is 10.6 Å². The van der Waals surface area contributed by atoms with Gasteiger partial charge in [0, 0.05) is 19.2 Å². The average molecular weight is 342 g/mol. The van der Waals surface area contributed by atoms with Crippen LogP contribution >= 0.6 is 0 Å². The standard InChI is InChI=1S/C13H18N4O5S/c1-15-23(21,22)10-4-5-11(12(7-10)17(19)20)16-6-2-3-9(8-16)13(14)18/h4-5,7,9,15H,2-3,6,8H2,1H3,(H2,14,18). The zero-order chi connectivity index (χ0) is 17.2. The Morgan fingerprint density at radius 2 is 2.17 bits per heavy atom. The van der Waals surface area contributed by atoms with Gasteiger partial charge in [-0.05, 0) is 32.0 Å². The van der Waals surface area contributed by atoms with E-state index in [-0.39, 0.29) is 28.7 Å². The third-order valence-corrected chi connectivity index (χ3v) is 5.30. The van der Waals surface area contributed by atoms with E-state index in [4.69, 9.17) is 5.73 Å². The Kier molecular flexibility index (Phi) is 4.85. The smallest absolute Gasteiger partial charge is 0.293 e. The number of carbonyl (C=O) groups is 1. The summed E-state index contributed by atoms with van der Waals surface area (Å²) in [5, 5.41) is 11.3. The molecule has 2 rings (SSSR count). The zero-order valence-corrected chi connectivity index (χ0v) is 13.4. The Morgan fingerprint density at radius 3 is 2.74 bits per heavy atom. The van der Waals surface area contributed by atoms with Gasteiger partial charge in [0.05, 0.1) is 15.7 Å². The summed E-state index contributed by atoms with van der Waals surface area (Å²) in [7, 11) is -2.54. The molecular weight excluding hydrogens is 324 g/mol. The predicted octanol–water partition coefficient (Wildman–Crippen LogP) is 0.205. The van der Waals surface area contributed by atoms with Crippen LogP contribution < -0.4 is 15.4 Å². The van der Waals surface area contributed by atoms with Crippen LogP contribution in [0, 0.1) is 16.0 Å². The first-order valence-electron chi connectivity index (χ1n) is 7.02. The minimum absolute atomic E-state index is 0.182. The summed E-state index contributed by atoms with van der Waals surface area (Å²) >= 11 is 0. The second-order valence-electron chi connectivity index (χ2n) is 5.30. The second kappa shape index (κ2) is 6.50. The molecule has 1 amide bonds. The third-order valence-electron chi connectivity index (χ3n) is 3.89. The lowest BCUT2D eigenvalue weighted by Crippen LogP contribution is -2.41. The number of sulfonamides is 1. The number of nitrogens with one attached hydrogen (secondary N) is 1. The van der Waals surface area contributed by atoms with E-state index in [1.54, 1.807) is 4.90 Å². The number of hydrogen-bond acceptors (Lipinski definition) is 6. The molecule has 1 saturated heterocycles. The Balaban J connectivity index is 2.42. The molecule has 1 atom stereocenters. The Hall–Kier alpha value is -2.20. The summed E-state index contributed by atoms with van der Waals surface area (Å²) in [4.78, 5) is 23.6. The van der Waals surface area contributed by atoms with Crippen molar-refractivity contribution in [1.82, 2.24) is 4.72 Å². The highest BCUT2D eigenvalue weighted by Gasteiger charge is 2.29. The van der Waals surface area contributed by atoms with Crippen LogP contribution in [0.3, 0.4) is 0 Å². The van der Waals surface area contributed by atoms with E-state index < -0.39 is 20.9 Å². The van der Waals surface area contributed by atoms with Crippen molar-refractivity contribution in [1.29, 1.82) is 0 Å². The SMILES string of the molecule is CNS(=O)(=O)c1ccc(N2CCCC(C(N)=O)C2)c([N+](=O)[O-])c1. The monoisotopic (exact) mass is 342 g/mol. The Bertz CT molecular complexity index is 734. The average Bonchev–Trinajstić information content (AvgIpc) is 2.54. The van der Waals surface area contributed by atoms with Crippen LogP contribution in [0.25, 0.3) is 0 Å². The lowest BCUT2D eigenvalue weighted by molar-refractivity contribution is -0.384. The number of piperidine rings is 1. The van der Waals surface area contributed by atoms with Crippen LogP contribution in [-0.2, 0) is 14.8 Å².